The van der Waals surface area contributed by atoms with Gasteiger partial charge in [-0.25, -0.2) is 8.78 Å². The van der Waals surface area contributed by atoms with Gasteiger partial charge in [0.15, 0.2) is 0 Å². The van der Waals surface area contributed by atoms with E-state index in [1.54, 1.807) is 12.1 Å². The lowest BCUT2D eigenvalue weighted by molar-refractivity contribution is 0.101. The van der Waals surface area contributed by atoms with Crippen LogP contribution in [0.2, 0.25) is 0 Å². The van der Waals surface area contributed by atoms with E-state index in [1.807, 2.05) is 37.3 Å². The van der Waals surface area contributed by atoms with Gasteiger partial charge >= 0.3 is 0 Å². The summed E-state index contributed by atoms with van der Waals surface area (Å²) in [5.41, 5.74) is 9.35. The molecule has 0 aliphatic carbocycles. The first-order valence-electron chi connectivity index (χ1n) is 8.98. The minimum atomic E-state index is -0.908. The number of nitrogens with zero attached hydrogens (tertiary/aromatic N) is 2. The van der Waals surface area contributed by atoms with E-state index in [0.29, 0.717) is 10.8 Å². The highest BCUT2D eigenvalue weighted by Gasteiger charge is 2.17. The lowest BCUT2D eigenvalue weighted by Crippen LogP contribution is -2.15. The number of carbonyl (C=O) groups excluding carboxylic acids is 1. The minimum Gasteiger partial charge on any atom is -0.374 e. The molecule has 0 unspecified atom stereocenters. The molecule has 4 aromatic rings. The maximum Gasteiger partial charge on any atom is 0.261 e. The van der Waals surface area contributed by atoms with Gasteiger partial charge in [0.2, 0.25) is 5.13 Å². The van der Waals surface area contributed by atoms with Crippen LogP contribution in [0.5, 0.6) is 0 Å². The number of amides is 1. The van der Waals surface area contributed by atoms with E-state index >= 15 is 0 Å². The smallest absolute Gasteiger partial charge is 0.261 e. The summed E-state index contributed by atoms with van der Waals surface area (Å²) in [5, 5.41) is 11.6. The molecule has 4 rings (SSSR count). The zero-order valence-electron chi connectivity index (χ0n) is 15.8. The number of hydrogen-bond acceptors (Lipinski definition) is 5. The van der Waals surface area contributed by atoms with E-state index in [1.165, 1.54) is 17.4 Å². The van der Waals surface area contributed by atoms with Crippen LogP contribution in [0, 0.1) is 18.6 Å². The van der Waals surface area contributed by atoms with Gasteiger partial charge in [0.05, 0.1) is 0 Å². The summed E-state index contributed by atoms with van der Waals surface area (Å²) in [6.07, 6.45) is 0. The van der Waals surface area contributed by atoms with Crippen molar-refractivity contribution in [2.45, 2.75) is 6.92 Å². The molecule has 0 aliphatic rings. The van der Waals surface area contributed by atoms with E-state index in [9.17, 15) is 13.6 Å². The molecule has 0 atom stereocenters. The van der Waals surface area contributed by atoms with Crippen molar-refractivity contribution in [3.05, 3.63) is 83.4 Å². The molecule has 0 radical (unpaired) electrons. The molecule has 0 bridgehead atoms. The molecule has 0 aliphatic heterocycles. The van der Waals surface area contributed by atoms with Crippen LogP contribution in [0.25, 0.3) is 21.7 Å². The first-order chi connectivity index (χ1) is 14.4. The second-order valence-electron chi connectivity index (χ2n) is 6.60. The molecular weight excluding hydrogens is 406 g/mol. The molecule has 1 aromatic heterocycles. The Balaban J connectivity index is 1.59. The minimum absolute atomic E-state index is 0.401. The highest BCUT2D eigenvalue weighted by atomic mass is 32.1. The van der Waals surface area contributed by atoms with Crippen molar-refractivity contribution < 1.29 is 13.6 Å². The SMILES string of the molecule is Cc1ccc(-c2nnc(N)s2)cc1-c1ccc(NC(=O)c2c(F)cccc2F)cc1. The third kappa shape index (κ3) is 3.90. The van der Waals surface area contributed by atoms with Gasteiger partial charge in [0.1, 0.15) is 22.2 Å². The van der Waals surface area contributed by atoms with Crippen molar-refractivity contribution in [2.24, 2.45) is 0 Å². The zero-order chi connectivity index (χ0) is 21.3. The van der Waals surface area contributed by atoms with Crippen LogP contribution in [0.15, 0.2) is 60.7 Å². The van der Waals surface area contributed by atoms with E-state index in [-0.39, 0.29) is 0 Å². The quantitative estimate of drug-likeness (QED) is 0.468. The van der Waals surface area contributed by atoms with Gasteiger partial charge < -0.3 is 11.1 Å². The normalized spacial score (nSPS) is 10.8. The van der Waals surface area contributed by atoms with Crippen molar-refractivity contribution in [1.82, 2.24) is 10.2 Å². The number of aryl methyl sites for hydroxylation is 1. The van der Waals surface area contributed by atoms with E-state index in [4.69, 9.17) is 5.73 Å². The summed E-state index contributed by atoms with van der Waals surface area (Å²) >= 11 is 1.31. The molecule has 3 aromatic carbocycles. The molecule has 0 fully saturated rings. The Hall–Kier alpha value is -3.65. The van der Waals surface area contributed by atoms with Gasteiger partial charge in [0, 0.05) is 11.3 Å². The molecule has 3 N–H and O–H groups in total. The number of nitrogen functional groups attached to an aromatic ring is 1. The fourth-order valence-electron chi connectivity index (χ4n) is 3.06. The Bertz CT molecular complexity index is 1220. The number of rotatable bonds is 4. The Labute approximate surface area is 175 Å². The van der Waals surface area contributed by atoms with Gasteiger partial charge in [-0.1, -0.05) is 41.7 Å². The number of benzene rings is 3. The predicted molar refractivity (Wildman–Crippen MR) is 114 cm³/mol. The fraction of sp³-hybridized carbons (Fsp3) is 0.0455. The van der Waals surface area contributed by atoms with Gasteiger partial charge in [-0.3, -0.25) is 4.79 Å². The average Bonchev–Trinajstić information content (AvgIpc) is 3.15. The van der Waals surface area contributed by atoms with Gasteiger partial charge in [-0.05, 0) is 53.9 Å². The lowest BCUT2D eigenvalue weighted by atomic mass is 9.98. The summed E-state index contributed by atoms with van der Waals surface area (Å²) in [7, 11) is 0. The maximum absolute atomic E-state index is 13.8. The van der Waals surface area contributed by atoms with Gasteiger partial charge in [-0.15, -0.1) is 10.2 Å². The number of aromatic nitrogens is 2. The highest BCUT2D eigenvalue weighted by Crippen LogP contribution is 2.32. The molecule has 8 heteroatoms. The van der Waals surface area contributed by atoms with Crippen LogP contribution in [0.4, 0.5) is 19.6 Å². The molecule has 150 valence electrons. The van der Waals surface area contributed by atoms with Crippen LogP contribution in [0.1, 0.15) is 15.9 Å². The van der Waals surface area contributed by atoms with Crippen molar-refractivity contribution in [1.29, 1.82) is 0 Å². The number of nitrogens with two attached hydrogens (primary N) is 1. The largest absolute Gasteiger partial charge is 0.374 e. The maximum atomic E-state index is 13.8. The molecule has 0 saturated heterocycles. The Morgan fingerprint density at radius 3 is 2.27 bits per heavy atom. The molecule has 0 spiro atoms. The third-order valence-electron chi connectivity index (χ3n) is 4.57. The fourth-order valence-corrected chi connectivity index (χ4v) is 3.66. The first-order valence-corrected chi connectivity index (χ1v) is 9.80. The Kier molecular flexibility index (Phi) is 5.24. The van der Waals surface area contributed by atoms with Crippen LogP contribution >= 0.6 is 11.3 Å². The molecule has 1 amide bonds. The number of carbonyl (C=O) groups is 1. The standard InChI is InChI=1S/C22H16F2N4OS/c1-12-5-6-14(21-27-28-22(25)30-21)11-16(12)13-7-9-15(10-8-13)26-20(29)19-17(23)3-2-4-18(19)24/h2-11H,1H3,(H2,25,28)(H,26,29). The number of nitrogens with one attached hydrogen (secondary N) is 1. The van der Waals surface area contributed by atoms with E-state index in [2.05, 4.69) is 15.5 Å². The zero-order valence-corrected chi connectivity index (χ0v) is 16.6. The van der Waals surface area contributed by atoms with Gasteiger partial charge in [0.25, 0.3) is 5.91 Å². The van der Waals surface area contributed by atoms with Crippen LogP contribution in [0.3, 0.4) is 0 Å². The predicted octanol–water partition coefficient (Wildman–Crippen LogP) is 5.29. The van der Waals surface area contributed by atoms with Crippen LogP contribution in [-0.2, 0) is 0 Å². The summed E-state index contributed by atoms with van der Waals surface area (Å²) in [5.74, 6) is -2.66. The Morgan fingerprint density at radius 1 is 0.967 bits per heavy atom. The number of hydrogen-bond donors (Lipinski definition) is 2. The average molecular weight is 422 g/mol. The molecule has 30 heavy (non-hydrogen) atoms. The lowest BCUT2D eigenvalue weighted by Gasteiger charge is -2.10. The first kappa shape index (κ1) is 19.7. The summed E-state index contributed by atoms with van der Waals surface area (Å²) < 4.78 is 27.6. The third-order valence-corrected chi connectivity index (χ3v) is 5.37. The molecular formula is C22H16F2N4OS. The highest BCUT2D eigenvalue weighted by molar-refractivity contribution is 7.18. The summed E-state index contributed by atoms with van der Waals surface area (Å²) in [6, 6.07) is 16.3. The van der Waals surface area contributed by atoms with Crippen LogP contribution < -0.4 is 11.1 Å². The van der Waals surface area contributed by atoms with Crippen molar-refractivity contribution in [3.63, 3.8) is 0 Å². The molecule has 1 heterocycles. The van der Waals surface area contributed by atoms with Crippen LogP contribution in [-0.4, -0.2) is 16.1 Å². The second kappa shape index (κ2) is 8.00. The van der Waals surface area contributed by atoms with E-state index in [0.717, 1.165) is 39.4 Å². The van der Waals surface area contributed by atoms with Gasteiger partial charge in [-0.2, -0.15) is 0 Å². The summed E-state index contributed by atoms with van der Waals surface area (Å²) in [4.78, 5) is 12.3. The van der Waals surface area contributed by atoms with E-state index < -0.39 is 23.1 Å². The van der Waals surface area contributed by atoms with Crippen molar-refractivity contribution in [3.8, 4) is 21.7 Å². The van der Waals surface area contributed by atoms with Crippen molar-refractivity contribution in [2.75, 3.05) is 11.1 Å². The molecule has 5 nitrogen and oxygen atoms in total. The summed E-state index contributed by atoms with van der Waals surface area (Å²) in [6.45, 7) is 1.99. The number of anilines is 2. The topological polar surface area (TPSA) is 80.9 Å². The second-order valence-corrected chi connectivity index (χ2v) is 7.61. The van der Waals surface area contributed by atoms with Crippen molar-refractivity contribution >= 4 is 28.1 Å². The number of halogens is 2. The Morgan fingerprint density at radius 2 is 1.63 bits per heavy atom. The molecule has 0 saturated carbocycles. The monoisotopic (exact) mass is 422 g/mol.